The highest BCUT2D eigenvalue weighted by Gasteiger charge is 2.21. The third kappa shape index (κ3) is 4.31. The van der Waals surface area contributed by atoms with Gasteiger partial charge >= 0.3 is 0 Å². The first-order valence-electron chi connectivity index (χ1n) is 9.73. The smallest absolute Gasteiger partial charge is 0.258 e. The van der Waals surface area contributed by atoms with Gasteiger partial charge in [0.25, 0.3) is 5.91 Å². The van der Waals surface area contributed by atoms with Gasteiger partial charge in [-0.1, -0.05) is 25.1 Å². The zero-order valence-electron chi connectivity index (χ0n) is 16.3. The first-order valence-corrected chi connectivity index (χ1v) is 9.73. The van der Waals surface area contributed by atoms with Crippen LogP contribution in [-0.4, -0.2) is 52.0 Å². The predicted molar refractivity (Wildman–Crippen MR) is 112 cm³/mol. The van der Waals surface area contributed by atoms with Crippen LogP contribution in [0.15, 0.2) is 55.1 Å². The van der Waals surface area contributed by atoms with Crippen molar-refractivity contribution >= 4 is 23.5 Å². The van der Waals surface area contributed by atoms with Crippen LogP contribution in [0.5, 0.6) is 0 Å². The summed E-state index contributed by atoms with van der Waals surface area (Å²) < 4.78 is 0. The largest absolute Gasteiger partial charge is 0.337 e. The summed E-state index contributed by atoms with van der Waals surface area (Å²) in [4.78, 5) is 34.2. The van der Waals surface area contributed by atoms with Crippen molar-refractivity contribution in [3.63, 3.8) is 0 Å². The number of benzene rings is 1. The van der Waals surface area contributed by atoms with Crippen molar-refractivity contribution in [2.75, 3.05) is 41.3 Å². The van der Waals surface area contributed by atoms with Crippen molar-refractivity contribution in [3.8, 4) is 0 Å². The van der Waals surface area contributed by atoms with Gasteiger partial charge in [0.05, 0.1) is 5.56 Å². The second-order valence-electron chi connectivity index (χ2n) is 6.76. The first-order chi connectivity index (χ1) is 14.2. The zero-order valence-corrected chi connectivity index (χ0v) is 16.3. The number of piperazine rings is 1. The maximum atomic E-state index is 12.5. The molecule has 8 nitrogen and oxygen atoms in total. The molecule has 1 saturated heterocycles. The lowest BCUT2D eigenvalue weighted by atomic mass is 10.1. The van der Waals surface area contributed by atoms with Gasteiger partial charge in [0.1, 0.15) is 0 Å². The molecule has 0 aliphatic carbocycles. The van der Waals surface area contributed by atoms with E-state index in [-0.39, 0.29) is 5.91 Å². The quantitative estimate of drug-likeness (QED) is 0.717. The molecule has 3 aromatic rings. The number of carbonyl (C=O) groups excluding carboxylic acids is 1. The van der Waals surface area contributed by atoms with Crippen LogP contribution in [-0.2, 0) is 6.42 Å². The van der Waals surface area contributed by atoms with Gasteiger partial charge in [-0.3, -0.25) is 4.79 Å². The molecule has 1 N–H and O–H groups in total. The summed E-state index contributed by atoms with van der Waals surface area (Å²) in [5.74, 6) is 1.17. The molecule has 8 heteroatoms. The molecule has 1 aliphatic rings. The number of hydrogen-bond acceptors (Lipinski definition) is 7. The summed E-state index contributed by atoms with van der Waals surface area (Å²) in [7, 11) is 0. The molecular weight excluding hydrogens is 366 g/mol. The monoisotopic (exact) mass is 389 g/mol. The van der Waals surface area contributed by atoms with Gasteiger partial charge in [0.15, 0.2) is 0 Å². The first kappa shape index (κ1) is 18.8. The minimum atomic E-state index is -0.205. The number of para-hydroxylation sites is 1. The van der Waals surface area contributed by atoms with Crippen molar-refractivity contribution in [2.45, 2.75) is 13.3 Å². The van der Waals surface area contributed by atoms with Crippen LogP contribution in [0.4, 0.5) is 17.6 Å². The SMILES string of the molecule is CCc1ccccc1NC(=O)c1cnc(N2CCN(c3ncccn3)CC2)nc1. The van der Waals surface area contributed by atoms with Gasteiger partial charge in [-0.05, 0) is 24.1 Å². The van der Waals surface area contributed by atoms with E-state index in [2.05, 4.69) is 42.0 Å². The molecule has 148 valence electrons. The van der Waals surface area contributed by atoms with Crippen LogP contribution in [0, 0.1) is 0 Å². The molecule has 3 heterocycles. The Labute approximate surface area is 169 Å². The van der Waals surface area contributed by atoms with Crippen molar-refractivity contribution < 1.29 is 4.79 Å². The maximum Gasteiger partial charge on any atom is 0.258 e. The fourth-order valence-electron chi connectivity index (χ4n) is 3.31. The van der Waals surface area contributed by atoms with E-state index >= 15 is 0 Å². The Balaban J connectivity index is 1.37. The molecular formula is C21H23N7O. The van der Waals surface area contributed by atoms with Gasteiger partial charge in [-0.25, -0.2) is 19.9 Å². The number of nitrogens with zero attached hydrogens (tertiary/aromatic N) is 6. The van der Waals surface area contributed by atoms with Gasteiger partial charge in [0.2, 0.25) is 11.9 Å². The Hall–Kier alpha value is -3.55. The van der Waals surface area contributed by atoms with E-state index in [9.17, 15) is 4.79 Å². The standard InChI is InChI=1S/C21H23N7O/c1-2-16-6-3-4-7-18(16)26-19(29)17-14-24-21(25-15-17)28-12-10-27(11-13-28)20-22-8-5-9-23-20/h3-9,14-15H,2,10-13H2,1H3,(H,26,29). The fraction of sp³-hybridized carbons (Fsp3) is 0.286. The Morgan fingerprint density at radius 2 is 1.48 bits per heavy atom. The summed E-state index contributed by atoms with van der Waals surface area (Å²) in [6.07, 6.45) is 7.52. The molecule has 0 bridgehead atoms. The van der Waals surface area contributed by atoms with E-state index in [4.69, 9.17) is 0 Å². The number of hydrogen-bond donors (Lipinski definition) is 1. The molecule has 4 rings (SSSR count). The normalized spacial score (nSPS) is 14.0. The van der Waals surface area contributed by atoms with Crippen molar-refractivity contribution in [3.05, 3.63) is 66.2 Å². The molecule has 1 fully saturated rings. The zero-order chi connectivity index (χ0) is 20.1. The minimum absolute atomic E-state index is 0.205. The predicted octanol–water partition coefficient (Wildman–Crippen LogP) is 2.41. The molecule has 0 spiro atoms. The topological polar surface area (TPSA) is 87.1 Å². The highest BCUT2D eigenvalue weighted by molar-refractivity contribution is 6.04. The van der Waals surface area contributed by atoms with E-state index in [0.717, 1.165) is 49.8 Å². The van der Waals surface area contributed by atoms with Crippen molar-refractivity contribution in [1.82, 2.24) is 19.9 Å². The van der Waals surface area contributed by atoms with Gasteiger partial charge < -0.3 is 15.1 Å². The molecule has 1 amide bonds. The van der Waals surface area contributed by atoms with E-state index in [1.165, 1.54) is 0 Å². The third-order valence-corrected chi connectivity index (χ3v) is 4.94. The lowest BCUT2D eigenvalue weighted by Crippen LogP contribution is -2.47. The Morgan fingerprint density at radius 3 is 2.10 bits per heavy atom. The Kier molecular flexibility index (Phi) is 5.60. The fourth-order valence-corrected chi connectivity index (χ4v) is 3.31. The number of aryl methyl sites for hydroxylation is 1. The molecule has 1 aliphatic heterocycles. The molecule has 0 unspecified atom stereocenters. The average molecular weight is 389 g/mol. The lowest BCUT2D eigenvalue weighted by molar-refractivity contribution is 0.102. The van der Waals surface area contributed by atoms with Crippen LogP contribution in [0.2, 0.25) is 0 Å². The summed E-state index contributed by atoms with van der Waals surface area (Å²) in [5, 5.41) is 2.95. The van der Waals surface area contributed by atoms with Crippen LogP contribution in [0.3, 0.4) is 0 Å². The van der Waals surface area contributed by atoms with Gasteiger partial charge in [0, 0.05) is 56.7 Å². The van der Waals surface area contributed by atoms with Crippen molar-refractivity contribution in [2.24, 2.45) is 0 Å². The summed E-state index contributed by atoms with van der Waals surface area (Å²) in [5.41, 5.74) is 2.36. The van der Waals surface area contributed by atoms with E-state index in [1.807, 2.05) is 30.3 Å². The molecule has 0 atom stereocenters. The Bertz CT molecular complexity index is 954. The molecule has 29 heavy (non-hydrogen) atoms. The Morgan fingerprint density at radius 1 is 0.897 bits per heavy atom. The highest BCUT2D eigenvalue weighted by atomic mass is 16.1. The second kappa shape index (κ2) is 8.64. The number of aromatic nitrogens is 4. The van der Waals surface area contributed by atoms with Crippen molar-refractivity contribution in [1.29, 1.82) is 0 Å². The van der Waals surface area contributed by atoms with Gasteiger partial charge in [-0.2, -0.15) is 0 Å². The summed E-state index contributed by atoms with van der Waals surface area (Å²) >= 11 is 0. The maximum absolute atomic E-state index is 12.5. The van der Waals surface area contributed by atoms with E-state index in [1.54, 1.807) is 24.8 Å². The minimum Gasteiger partial charge on any atom is -0.337 e. The number of nitrogens with one attached hydrogen (secondary N) is 1. The molecule has 0 saturated carbocycles. The van der Waals surface area contributed by atoms with E-state index in [0.29, 0.717) is 11.5 Å². The molecule has 2 aromatic heterocycles. The summed E-state index contributed by atoms with van der Waals surface area (Å²) in [6, 6.07) is 9.61. The summed E-state index contributed by atoms with van der Waals surface area (Å²) in [6.45, 7) is 5.20. The second-order valence-corrected chi connectivity index (χ2v) is 6.76. The van der Waals surface area contributed by atoms with Crippen LogP contribution in [0.25, 0.3) is 0 Å². The van der Waals surface area contributed by atoms with Gasteiger partial charge in [-0.15, -0.1) is 0 Å². The average Bonchev–Trinajstić information content (AvgIpc) is 2.80. The highest BCUT2D eigenvalue weighted by Crippen LogP contribution is 2.17. The third-order valence-electron chi connectivity index (χ3n) is 4.94. The van der Waals surface area contributed by atoms with Crippen LogP contribution in [0.1, 0.15) is 22.8 Å². The molecule has 1 aromatic carbocycles. The number of amides is 1. The van der Waals surface area contributed by atoms with Crippen LogP contribution < -0.4 is 15.1 Å². The molecule has 0 radical (unpaired) electrons. The van der Waals surface area contributed by atoms with Crippen LogP contribution >= 0.6 is 0 Å². The number of anilines is 3. The number of rotatable bonds is 5. The lowest BCUT2D eigenvalue weighted by Gasteiger charge is -2.34. The van der Waals surface area contributed by atoms with E-state index < -0.39 is 0 Å². The number of carbonyl (C=O) groups is 1.